The molecule has 0 N–H and O–H groups in total. The topological polar surface area (TPSA) is 26.3 Å². The molecule has 0 heterocycles. The number of fused-ring (bicyclic) bond motifs is 5. The van der Waals surface area contributed by atoms with Crippen molar-refractivity contribution < 1.29 is 9.53 Å². The van der Waals surface area contributed by atoms with Gasteiger partial charge < -0.3 is 4.74 Å². The Morgan fingerprint density at radius 2 is 1.70 bits per heavy atom. The molecule has 0 saturated heterocycles. The molecule has 1 unspecified atom stereocenters. The summed E-state index contributed by atoms with van der Waals surface area (Å²) in [4.78, 5) is 11.5. The van der Waals surface area contributed by atoms with Gasteiger partial charge in [0.15, 0.2) is 0 Å². The molecule has 0 aliphatic heterocycles. The maximum atomic E-state index is 11.5. The van der Waals surface area contributed by atoms with Gasteiger partial charge in [0.25, 0.3) is 0 Å². The molecule has 0 aromatic heterocycles. The average molecular weight is 455 g/mol. The highest BCUT2D eigenvalue weighted by Gasteiger charge is 2.70. The van der Waals surface area contributed by atoms with Gasteiger partial charge in [-0.1, -0.05) is 73.8 Å². The fourth-order valence-corrected chi connectivity index (χ4v) is 9.69. The summed E-state index contributed by atoms with van der Waals surface area (Å²) in [5, 5.41) is 0. The molecular weight excluding hydrogens is 404 g/mol. The quantitative estimate of drug-likeness (QED) is 0.375. The Morgan fingerprint density at radius 1 is 1.00 bits per heavy atom. The summed E-state index contributed by atoms with van der Waals surface area (Å²) < 4.78 is 5.47. The van der Waals surface area contributed by atoms with Crippen LogP contribution in [-0.2, 0) is 9.53 Å². The smallest absolute Gasteiger partial charge is 0.308 e. The van der Waals surface area contributed by atoms with Crippen LogP contribution < -0.4 is 0 Å². The van der Waals surface area contributed by atoms with Crippen LogP contribution in [0.3, 0.4) is 0 Å². The SMILES string of the molecule is CC(=O)OC1=CC2CC[C@]3(C)[C@H](CC[C@]4(C)[C@@H]([C@H](C)CCCC(C)C)CC[C@]43C)[C@@]2(C)C=C1. The summed E-state index contributed by atoms with van der Waals surface area (Å²) in [5.41, 5.74) is 1.40. The van der Waals surface area contributed by atoms with E-state index >= 15 is 0 Å². The number of carbonyl (C=O) groups excluding carboxylic acids is 1. The van der Waals surface area contributed by atoms with Crippen molar-refractivity contribution in [1.82, 2.24) is 0 Å². The van der Waals surface area contributed by atoms with Gasteiger partial charge in [-0.05, 0) is 102 Å². The maximum absolute atomic E-state index is 11.5. The second-order valence-corrected chi connectivity index (χ2v) is 13.7. The van der Waals surface area contributed by atoms with Crippen molar-refractivity contribution in [3.63, 3.8) is 0 Å². The van der Waals surface area contributed by atoms with Crippen molar-refractivity contribution >= 4 is 5.97 Å². The second kappa shape index (κ2) is 8.56. The summed E-state index contributed by atoms with van der Waals surface area (Å²) in [5.74, 6) is 4.26. The van der Waals surface area contributed by atoms with E-state index in [-0.39, 0.29) is 11.4 Å². The third-order valence-corrected chi connectivity index (χ3v) is 11.9. The minimum absolute atomic E-state index is 0.169. The van der Waals surface area contributed by atoms with Crippen LogP contribution in [0.4, 0.5) is 0 Å². The molecule has 186 valence electrons. The van der Waals surface area contributed by atoms with Crippen molar-refractivity contribution in [1.29, 1.82) is 0 Å². The Kier molecular flexibility index (Phi) is 6.50. The van der Waals surface area contributed by atoms with Gasteiger partial charge in [-0.3, -0.25) is 4.79 Å². The first-order chi connectivity index (χ1) is 15.4. The lowest BCUT2D eigenvalue weighted by Gasteiger charge is -2.69. The van der Waals surface area contributed by atoms with Crippen LogP contribution in [0.2, 0.25) is 0 Å². The lowest BCUT2D eigenvalue weighted by atomic mass is 9.35. The van der Waals surface area contributed by atoms with Gasteiger partial charge in [-0.25, -0.2) is 0 Å². The van der Waals surface area contributed by atoms with Crippen molar-refractivity contribution in [2.75, 3.05) is 0 Å². The fraction of sp³-hybridized carbons (Fsp3) is 0.839. The molecule has 8 atom stereocenters. The lowest BCUT2D eigenvalue weighted by molar-refractivity contribution is -0.189. The number of hydrogen-bond acceptors (Lipinski definition) is 2. The summed E-state index contributed by atoms with van der Waals surface area (Å²) in [6.07, 6.45) is 19.0. The maximum Gasteiger partial charge on any atom is 0.308 e. The van der Waals surface area contributed by atoms with E-state index in [0.717, 1.165) is 23.5 Å². The summed E-state index contributed by atoms with van der Waals surface area (Å²) in [6.45, 7) is 19.4. The Hall–Kier alpha value is -1.05. The molecule has 3 saturated carbocycles. The Balaban J connectivity index is 1.58. The van der Waals surface area contributed by atoms with E-state index in [2.05, 4.69) is 66.7 Å². The largest absolute Gasteiger partial charge is 0.427 e. The summed E-state index contributed by atoms with van der Waals surface area (Å²) >= 11 is 0. The molecule has 0 amide bonds. The molecule has 0 spiro atoms. The van der Waals surface area contributed by atoms with Gasteiger partial charge in [-0.15, -0.1) is 0 Å². The van der Waals surface area contributed by atoms with E-state index in [0.29, 0.717) is 28.1 Å². The first-order valence-corrected chi connectivity index (χ1v) is 14.0. The third kappa shape index (κ3) is 3.77. The van der Waals surface area contributed by atoms with Crippen molar-refractivity contribution in [2.24, 2.45) is 51.2 Å². The Morgan fingerprint density at radius 3 is 2.36 bits per heavy atom. The number of hydrogen-bond donors (Lipinski definition) is 0. The van der Waals surface area contributed by atoms with Crippen molar-refractivity contribution in [3.05, 3.63) is 24.0 Å². The van der Waals surface area contributed by atoms with Crippen molar-refractivity contribution in [3.8, 4) is 0 Å². The van der Waals surface area contributed by atoms with Gasteiger partial charge in [0, 0.05) is 6.92 Å². The molecule has 0 aromatic carbocycles. The van der Waals surface area contributed by atoms with Gasteiger partial charge in [0.2, 0.25) is 0 Å². The zero-order chi connectivity index (χ0) is 24.2. The molecule has 2 nitrogen and oxygen atoms in total. The zero-order valence-corrected chi connectivity index (χ0v) is 22.8. The van der Waals surface area contributed by atoms with E-state index in [4.69, 9.17) is 4.74 Å². The van der Waals surface area contributed by atoms with Gasteiger partial charge in [0.1, 0.15) is 5.76 Å². The standard InChI is InChI=1S/C31H50O2/c1-21(2)10-9-11-22(3)26-14-19-31(8)29(26,6)18-15-27-28(5)16-13-25(33-23(4)32)20-24(28)12-17-30(27,31)7/h13,16,20-22,24,26-27H,9-12,14-15,17-19H2,1-8H3/t22-,24?,26-,27-,28+,29-,30-,31-/m1/s1. The first-order valence-electron chi connectivity index (χ1n) is 14.0. The van der Waals surface area contributed by atoms with Gasteiger partial charge >= 0.3 is 5.97 Å². The van der Waals surface area contributed by atoms with Gasteiger partial charge in [0.05, 0.1) is 0 Å². The first kappa shape index (κ1) is 25.1. The normalized spacial score (nSPS) is 45.1. The summed E-state index contributed by atoms with van der Waals surface area (Å²) in [6, 6.07) is 0. The number of esters is 1. The van der Waals surface area contributed by atoms with Gasteiger partial charge in [-0.2, -0.15) is 0 Å². The minimum Gasteiger partial charge on any atom is -0.427 e. The van der Waals surface area contributed by atoms with Crippen LogP contribution in [0.1, 0.15) is 113 Å². The number of carbonyl (C=O) groups is 1. The van der Waals surface area contributed by atoms with E-state index in [1.165, 1.54) is 64.7 Å². The van der Waals surface area contributed by atoms with Crippen LogP contribution in [0.5, 0.6) is 0 Å². The monoisotopic (exact) mass is 454 g/mol. The molecule has 0 aromatic rings. The van der Waals surface area contributed by atoms with Crippen LogP contribution >= 0.6 is 0 Å². The molecular formula is C31H50O2. The third-order valence-electron chi connectivity index (χ3n) is 11.9. The number of ether oxygens (including phenoxy) is 1. The number of rotatable bonds is 6. The molecule has 4 rings (SSSR count). The van der Waals surface area contributed by atoms with E-state index < -0.39 is 0 Å². The highest BCUT2D eigenvalue weighted by molar-refractivity contribution is 5.67. The molecule has 0 radical (unpaired) electrons. The zero-order valence-electron chi connectivity index (χ0n) is 22.8. The fourth-order valence-electron chi connectivity index (χ4n) is 9.69. The predicted octanol–water partition coefficient (Wildman–Crippen LogP) is 8.72. The highest BCUT2D eigenvalue weighted by Crippen LogP contribution is 2.77. The minimum atomic E-state index is -0.212. The van der Waals surface area contributed by atoms with E-state index in [1.54, 1.807) is 0 Å². The molecule has 0 bridgehead atoms. The van der Waals surface area contributed by atoms with Crippen LogP contribution in [0, 0.1) is 51.2 Å². The summed E-state index contributed by atoms with van der Waals surface area (Å²) in [7, 11) is 0. The predicted molar refractivity (Wildman–Crippen MR) is 137 cm³/mol. The molecule has 4 aliphatic rings. The van der Waals surface area contributed by atoms with Crippen molar-refractivity contribution in [2.45, 2.75) is 113 Å². The average Bonchev–Trinajstić information content (AvgIpc) is 3.00. The van der Waals surface area contributed by atoms with Crippen LogP contribution in [-0.4, -0.2) is 5.97 Å². The molecule has 4 aliphatic carbocycles. The number of allylic oxidation sites excluding steroid dienone is 3. The van der Waals surface area contributed by atoms with E-state index in [1.807, 2.05) is 0 Å². The highest BCUT2D eigenvalue weighted by atomic mass is 16.5. The second-order valence-electron chi connectivity index (χ2n) is 13.7. The van der Waals surface area contributed by atoms with Crippen LogP contribution in [0.15, 0.2) is 24.0 Å². The Bertz CT molecular complexity index is 823. The molecule has 3 fully saturated rings. The van der Waals surface area contributed by atoms with E-state index in [9.17, 15) is 4.79 Å². The lowest BCUT2D eigenvalue weighted by Crippen LogP contribution is -2.62. The molecule has 33 heavy (non-hydrogen) atoms. The van der Waals surface area contributed by atoms with Crippen LogP contribution in [0.25, 0.3) is 0 Å². The Labute approximate surface area is 204 Å². The molecule has 2 heteroatoms.